The number of hydrogen-bond acceptors (Lipinski definition) is 2. The van der Waals surface area contributed by atoms with Gasteiger partial charge >= 0.3 is 0 Å². The highest BCUT2D eigenvalue weighted by Gasteiger charge is 2.06. The van der Waals surface area contributed by atoms with E-state index in [0.717, 1.165) is 27.6 Å². The molecule has 0 saturated heterocycles. The molecule has 0 spiro atoms. The normalized spacial score (nSPS) is 9.96. The third-order valence-corrected chi connectivity index (χ3v) is 3.51. The second-order valence-electron chi connectivity index (χ2n) is 5.23. The minimum absolute atomic E-state index is 0.104. The van der Waals surface area contributed by atoms with Crippen LogP contribution in [0, 0.1) is 11.8 Å². The van der Waals surface area contributed by atoms with Crippen LogP contribution < -0.4 is 11.1 Å². The number of carbonyl (C=O) groups is 1. The first-order valence-electron chi connectivity index (χ1n) is 7.31. The van der Waals surface area contributed by atoms with Crippen LogP contribution in [0.4, 0.5) is 11.4 Å². The van der Waals surface area contributed by atoms with Crippen molar-refractivity contribution in [1.82, 2.24) is 0 Å². The molecule has 0 aromatic heterocycles. The van der Waals surface area contributed by atoms with Gasteiger partial charge in [-0.25, -0.2) is 0 Å². The van der Waals surface area contributed by atoms with Crippen LogP contribution in [-0.4, -0.2) is 5.91 Å². The number of nitrogen functional groups attached to an aromatic ring is 1. The van der Waals surface area contributed by atoms with Gasteiger partial charge in [0.15, 0.2) is 0 Å². The van der Waals surface area contributed by atoms with Crippen molar-refractivity contribution in [3.63, 3.8) is 0 Å². The van der Waals surface area contributed by atoms with Crippen LogP contribution in [0.15, 0.2) is 60.7 Å². The Balaban J connectivity index is 2.15. The van der Waals surface area contributed by atoms with Gasteiger partial charge in [0.05, 0.1) is 0 Å². The fraction of sp³-hybridized carbons (Fsp3) is 0.0500. The lowest BCUT2D eigenvalue weighted by molar-refractivity contribution is -0.114. The van der Waals surface area contributed by atoms with E-state index in [4.69, 9.17) is 5.73 Å². The van der Waals surface area contributed by atoms with Crippen LogP contribution in [0.1, 0.15) is 18.1 Å². The molecule has 0 radical (unpaired) electrons. The molecule has 0 heterocycles. The van der Waals surface area contributed by atoms with Gasteiger partial charge in [-0.2, -0.15) is 0 Å². The number of anilines is 2. The van der Waals surface area contributed by atoms with E-state index in [1.165, 1.54) is 6.92 Å². The summed E-state index contributed by atoms with van der Waals surface area (Å²) in [6.45, 7) is 1.50. The van der Waals surface area contributed by atoms with Crippen LogP contribution in [0.25, 0.3) is 10.8 Å². The Kier molecular flexibility index (Phi) is 3.99. The quantitative estimate of drug-likeness (QED) is 0.531. The first-order valence-corrected chi connectivity index (χ1v) is 7.31. The number of carbonyl (C=O) groups excluding carboxylic acids is 1. The Labute approximate surface area is 135 Å². The molecule has 3 aromatic rings. The summed E-state index contributed by atoms with van der Waals surface area (Å²) in [4.78, 5) is 11.4. The van der Waals surface area contributed by atoms with Gasteiger partial charge in [-0.1, -0.05) is 48.2 Å². The summed E-state index contributed by atoms with van der Waals surface area (Å²) < 4.78 is 0. The summed E-state index contributed by atoms with van der Waals surface area (Å²) in [5.41, 5.74) is 9.00. The van der Waals surface area contributed by atoms with E-state index in [0.29, 0.717) is 5.69 Å². The predicted octanol–water partition coefficient (Wildman–Crippen LogP) is 3.78. The van der Waals surface area contributed by atoms with Gasteiger partial charge in [0, 0.05) is 34.8 Å². The third kappa shape index (κ3) is 3.17. The molecule has 0 saturated carbocycles. The Morgan fingerprint density at radius 2 is 1.57 bits per heavy atom. The minimum Gasteiger partial charge on any atom is -0.398 e. The maximum atomic E-state index is 11.4. The Morgan fingerprint density at radius 3 is 2.30 bits per heavy atom. The zero-order chi connectivity index (χ0) is 16.2. The first-order chi connectivity index (χ1) is 11.1. The highest BCUT2D eigenvalue weighted by atomic mass is 16.1. The maximum absolute atomic E-state index is 11.4. The summed E-state index contributed by atoms with van der Waals surface area (Å²) >= 11 is 0. The van der Waals surface area contributed by atoms with Crippen molar-refractivity contribution in [2.45, 2.75) is 6.92 Å². The summed E-state index contributed by atoms with van der Waals surface area (Å²) in [6.07, 6.45) is 0. The van der Waals surface area contributed by atoms with E-state index in [1.807, 2.05) is 60.7 Å². The molecular formula is C20H16N2O. The number of para-hydroxylation sites is 1. The van der Waals surface area contributed by atoms with Gasteiger partial charge in [-0.15, -0.1) is 0 Å². The van der Waals surface area contributed by atoms with Gasteiger partial charge in [0.25, 0.3) is 0 Å². The lowest BCUT2D eigenvalue weighted by atomic mass is 10.0. The number of nitrogens with one attached hydrogen (secondary N) is 1. The molecule has 1 amide bonds. The minimum atomic E-state index is -0.104. The molecule has 0 aliphatic heterocycles. The van der Waals surface area contributed by atoms with Gasteiger partial charge in [0.1, 0.15) is 0 Å². The predicted molar refractivity (Wildman–Crippen MR) is 95.1 cm³/mol. The van der Waals surface area contributed by atoms with E-state index in [1.54, 1.807) is 0 Å². The summed E-state index contributed by atoms with van der Waals surface area (Å²) in [7, 11) is 0. The molecule has 3 nitrogen and oxygen atoms in total. The second kappa shape index (κ2) is 6.25. The lowest BCUT2D eigenvalue weighted by Crippen LogP contribution is -2.06. The van der Waals surface area contributed by atoms with Crippen molar-refractivity contribution in [3.05, 3.63) is 71.8 Å². The van der Waals surface area contributed by atoms with Crippen molar-refractivity contribution in [2.75, 3.05) is 11.1 Å². The third-order valence-electron chi connectivity index (χ3n) is 3.51. The van der Waals surface area contributed by atoms with Gasteiger partial charge < -0.3 is 11.1 Å². The number of fused-ring (bicyclic) bond motifs is 1. The summed E-state index contributed by atoms with van der Waals surface area (Å²) in [6, 6.07) is 19.2. The van der Waals surface area contributed by atoms with E-state index >= 15 is 0 Å². The average molecular weight is 300 g/mol. The Morgan fingerprint density at radius 1 is 0.913 bits per heavy atom. The number of benzene rings is 3. The smallest absolute Gasteiger partial charge is 0.221 e. The average Bonchev–Trinajstić information content (AvgIpc) is 2.54. The standard InChI is InChI=1S/C20H16N2O/c1-14(23)22-19-11-5-9-16-7-4-8-17(20(16)19)13-12-15-6-2-3-10-18(15)21/h2-11H,21H2,1H3,(H,22,23). The molecule has 0 aliphatic carbocycles. The highest BCUT2D eigenvalue weighted by molar-refractivity contribution is 6.04. The molecule has 3 aromatic carbocycles. The van der Waals surface area contributed by atoms with Crippen LogP contribution in [0.2, 0.25) is 0 Å². The topological polar surface area (TPSA) is 55.1 Å². The maximum Gasteiger partial charge on any atom is 0.221 e. The first kappa shape index (κ1) is 14.7. The van der Waals surface area contributed by atoms with Crippen molar-refractivity contribution in [3.8, 4) is 11.8 Å². The van der Waals surface area contributed by atoms with E-state index in [9.17, 15) is 4.79 Å². The van der Waals surface area contributed by atoms with Crippen molar-refractivity contribution < 1.29 is 4.79 Å². The van der Waals surface area contributed by atoms with Crippen LogP contribution in [0.5, 0.6) is 0 Å². The Bertz CT molecular complexity index is 943. The monoisotopic (exact) mass is 300 g/mol. The second-order valence-corrected chi connectivity index (χ2v) is 5.23. The van der Waals surface area contributed by atoms with E-state index < -0.39 is 0 Å². The zero-order valence-electron chi connectivity index (χ0n) is 12.8. The SMILES string of the molecule is CC(=O)Nc1cccc2cccc(C#Cc3ccccc3N)c12. The lowest BCUT2D eigenvalue weighted by Gasteiger charge is -2.08. The van der Waals surface area contributed by atoms with Gasteiger partial charge in [-0.05, 0) is 29.7 Å². The molecule has 3 heteroatoms. The van der Waals surface area contributed by atoms with E-state index in [2.05, 4.69) is 17.2 Å². The Hall–Kier alpha value is -3.25. The molecule has 3 N–H and O–H groups in total. The molecular weight excluding hydrogens is 284 g/mol. The fourth-order valence-electron chi connectivity index (χ4n) is 2.48. The zero-order valence-corrected chi connectivity index (χ0v) is 12.8. The number of rotatable bonds is 1. The number of nitrogens with two attached hydrogens (primary N) is 1. The molecule has 0 atom stereocenters. The summed E-state index contributed by atoms with van der Waals surface area (Å²) in [5.74, 6) is 6.19. The van der Waals surface area contributed by atoms with Crippen LogP contribution >= 0.6 is 0 Å². The largest absolute Gasteiger partial charge is 0.398 e. The van der Waals surface area contributed by atoms with Crippen molar-refractivity contribution >= 4 is 28.1 Å². The molecule has 0 fully saturated rings. The molecule has 0 aliphatic rings. The molecule has 3 rings (SSSR count). The molecule has 0 bridgehead atoms. The van der Waals surface area contributed by atoms with Crippen LogP contribution in [-0.2, 0) is 4.79 Å². The molecule has 23 heavy (non-hydrogen) atoms. The van der Waals surface area contributed by atoms with Crippen molar-refractivity contribution in [2.24, 2.45) is 0 Å². The summed E-state index contributed by atoms with van der Waals surface area (Å²) in [5, 5.41) is 4.84. The highest BCUT2D eigenvalue weighted by Crippen LogP contribution is 2.27. The van der Waals surface area contributed by atoms with Gasteiger partial charge in [0.2, 0.25) is 5.91 Å². The fourth-order valence-corrected chi connectivity index (χ4v) is 2.48. The molecule has 0 unspecified atom stereocenters. The number of hydrogen-bond donors (Lipinski definition) is 2. The molecule has 112 valence electrons. The van der Waals surface area contributed by atoms with Crippen LogP contribution in [0.3, 0.4) is 0 Å². The number of amides is 1. The van der Waals surface area contributed by atoms with Crippen molar-refractivity contribution in [1.29, 1.82) is 0 Å². The van der Waals surface area contributed by atoms with Gasteiger partial charge in [-0.3, -0.25) is 4.79 Å². The van der Waals surface area contributed by atoms with E-state index in [-0.39, 0.29) is 5.91 Å².